The minimum atomic E-state index is 0. The van der Waals surface area contributed by atoms with Gasteiger partial charge in [0.2, 0.25) is 0 Å². The average Bonchev–Trinajstić information content (AvgIpc) is 0. The molecule has 0 aliphatic rings. The van der Waals surface area contributed by atoms with E-state index in [9.17, 15) is 0 Å². The molecule has 0 nitrogen and oxygen atoms in total. The third-order valence-electron chi connectivity index (χ3n) is 0. The zero-order chi connectivity index (χ0) is 0. The Hall–Kier alpha value is 1.84. The Morgan fingerprint density at radius 1 is 0.333 bits per heavy atom. The smallest absolute Gasteiger partial charge is 0 e. The van der Waals surface area contributed by atoms with E-state index in [-0.39, 0.29) is 84.3 Å². The summed E-state index contributed by atoms with van der Waals surface area (Å²) in [6.45, 7) is 0. The van der Waals surface area contributed by atoms with Gasteiger partial charge in [0.05, 0.1) is 0 Å². The second-order valence-corrected chi connectivity index (χ2v) is 0. The fourth-order valence-corrected chi connectivity index (χ4v) is 0. The summed E-state index contributed by atoms with van der Waals surface area (Å²) in [6.07, 6.45) is 0. The van der Waals surface area contributed by atoms with Crippen LogP contribution in [0.5, 0.6) is 0 Å². The molecule has 36 valence electrons. The summed E-state index contributed by atoms with van der Waals surface area (Å²) < 4.78 is 0. The maximum absolute atomic E-state index is 0. The molecule has 0 unspecified atom stereocenters. The average molecular weight is 285 g/mol. The minimum Gasteiger partial charge on any atom is -0.358 e. The van der Waals surface area contributed by atoms with Gasteiger partial charge in [0, 0.05) is 54.6 Å². The summed E-state index contributed by atoms with van der Waals surface area (Å²) in [6, 6.07) is 0. The zero-order valence-electron chi connectivity index (χ0n) is 5.41. The number of hydrogen-bond acceptors (Lipinski definition) is 0. The van der Waals surface area contributed by atoms with E-state index in [4.69, 9.17) is 0 Å². The van der Waals surface area contributed by atoms with Crippen molar-refractivity contribution in [1.82, 2.24) is 0 Å². The van der Waals surface area contributed by atoms with Crippen molar-refractivity contribution >= 4 is 0 Å². The molecule has 0 fully saturated rings. The second-order valence-electron chi connectivity index (χ2n) is 0. The summed E-state index contributed by atoms with van der Waals surface area (Å²) >= 11 is 0. The summed E-state index contributed by atoms with van der Waals surface area (Å²) in [4.78, 5) is 0. The van der Waals surface area contributed by atoms with Crippen LogP contribution in [0.1, 0.15) is 0 Å². The first-order valence-electron chi connectivity index (χ1n) is 0. The summed E-state index contributed by atoms with van der Waals surface area (Å²) in [5, 5.41) is 0. The van der Waals surface area contributed by atoms with E-state index in [0.29, 0.717) is 0 Å². The molecule has 0 aromatic rings. The Balaban J connectivity index is 0. The molecule has 0 bridgehead atoms. The van der Waals surface area contributed by atoms with Crippen molar-refractivity contribution in [3.8, 4) is 0 Å². The monoisotopic (exact) mass is 288 g/mol. The molecule has 2 heteroatoms. The van der Waals surface area contributed by atoms with Crippen LogP contribution in [0.4, 0.5) is 0 Å². The molecule has 0 rings (SSSR count). The van der Waals surface area contributed by atoms with Crippen LogP contribution < -0.4 is 0 Å². The van der Waals surface area contributed by atoms with Gasteiger partial charge >= 0.3 is 0 Å². The predicted octanol–water partition coefficient (Wildman–Crippen LogP) is 1.80. The molecule has 0 aliphatic carbocycles. The summed E-state index contributed by atoms with van der Waals surface area (Å²) in [5.74, 6) is 0. The van der Waals surface area contributed by atoms with E-state index in [1.54, 1.807) is 0 Å². The van der Waals surface area contributed by atoms with Crippen molar-refractivity contribution in [3.63, 3.8) is 0 Å². The van der Waals surface area contributed by atoms with Crippen molar-refractivity contribution in [2.75, 3.05) is 0 Å². The Morgan fingerprint density at radius 2 is 0.333 bits per heavy atom. The molecule has 0 aromatic heterocycles. The van der Waals surface area contributed by atoms with Gasteiger partial charge in [0.25, 0.3) is 0 Å². The van der Waals surface area contributed by atoms with Gasteiger partial charge in [-0.1, -0.05) is 0 Å². The maximum Gasteiger partial charge on any atom is 0 e. The maximum atomic E-state index is 0. The Kier molecular flexibility index (Phi) is 1240. The minimum absolute atomic E-state index is 0. The van der Waals surface area contributed by atoms with Crippen molar-refractivity contribution in [2.24, 2.45) is 0 Å². The topological polar surface area (TPSA) is 0 Å². The molecular weight excluding hydrogens is 273 g/mol. The summed E-state index contributed by atoms with van der Waals surface area (Å²) in [5.41, 5.74) is 0. The first-order valence-corrected chi connectivity index (χ1v) is 0. The van der Waals surface area contributed by atoms with Crippen LogP contribution in [-0.2, 0) is 54.6 Å². The third-order valence-corrected chi connectivity index (χ3v) is 0. The largest absolute Gasteiger partial charge is 0.358 e. The Morgan fingerprint density at radius 3 is 0.333 bits per heavy atom. The van der Waals surface area contributed by atoms with Crippen LogP contribution in [0.25, 0.3) is 0 Å². The van der Waals surface area contributed by atoms with E-state index in [1.165, 1.54) is 0 Å². The second kappa shape index (κ2) is 68.7. The molecule has 0 amide bonds. The number of hydrogen-bond donors (Lipinski definition) is 0. The van der Waals surface area contributed by atoms with Crippen LogP contribution in [0.15, 0.2) is 0 Å². The van der Waals surface area contributed by atoms with E-state index >= 15 is 0 Å². The zero-order valence-corrected chi connectivity index (χ0v) is 13.5. The molecule has 0 saturated carbocycles. The van der Waals surface area contributed by atoms with Gasteiger partial charge in [0.1, 0.15) is 0 Å². The van der Waals surface area contributed by atoms with Crippen molar-refractivity contribution in [3.05, 3.63) is 29.7 Å². The van der Waals surface area contributed by atoms with E-state index in [2.05, 4.69) is 0 Å². The van der Waals surface area contributed by atoms with E-state index in [0.717, 1.165) is 0 Å². The fraction of sp³-hybridized carbons (Fsp3) is 0. The van der Waals surface area contributed by atoms with Crippen LogP contribution in [0.3, 0.4) is 0 Å². The van der Waals surface area contributed by atoms with Gasteiger partial charge in [-0.25, -0.2) is 0 Å². The van der Waals surface area contributed by atoms with Gasteiger partial charge in [0.15, 0.2) is 0 Å². The molecule has 0 atom stereocenters. The molecule has 0 N–H and O–H groups in total. The molecule has 6 heavy (non-hydrogen) atoms. The van der Waals surface area contributed by atoms with Crippen LogP contribution >= 0.6 is 0 Å². The van der Waals surface area contributed by atoms with Crippen LogP contribution in [0, 0.1) is 29.7 Å². The standard InChI is InChI=1S/4CH3.2Cd/h4*1H3;;/q4*-1;;. The normalized spacial score (nSPS) is 0. The molecule has 0 saturated heterocycles. The quantitative estimate of drug-likeness (QED) is 0.470. The van der Waals surface area contributed by atoms with E-state index in [1.807, 2.05) is 0 Å². The SMILES string of the molecule is [CH3-].[CH3-].[CH3-].[CH3-].[Cd].[Cd]. The van der Waals surface area contributed by atoms with E-state index < -0.39 is 0 Å². The van der Waals surface area contributed by atoms with Gasteiger partial charge in [-0.15, -0.1) is 0 Å². The predicted molar refractivity (Wildman–Crippen MR) is 25.7 cm³/mol. The Labute approximate surface area is 83.4 Å². The van der Waals surface area contributed by atoms with Crippen LogP contribution in [-0.4, -0.2) is 0 Å². The van der Waals surface area contributed by atoms with Gasteiger partial charge in [-0.3, -0.25) is 0 Å². The van der Waals surface area contributed by atoms with Gasteiger partial charge in [-0.2, -0.15) is 0 Å². The molecule has 0 aliphatic heterocycles. The summed E-state index contributed by atoms with van der Waals surface area (Å²) in [7, 11) is 0. The molecule has 0 heterocycles. The Bertz CT molecular complexity index is 5.51. The third kappa shape index (κ3) is 40.3. The van der Waals surface area contributed by atoms with Gasteiger partial charge < -0.3 is 29.7 Å². The van der Waals surface area contributed by atoms with Crippen molar-refractivity contribution in [1.29, 1.82) is 0 Å². The van der Waals surface area contributed by atoms with Crippen molar-refractivity contribution in [2.45, 2.75) is 0 Å². The first-order chi connectivity index (χ1) is 0. The van der Waals surface area contributed by atoms with Crippen LogP contribution in [0.2, 0.25) is 0 Å². The fourth-order valence-electron chi connectivity index (χ4n) is 0. The number of rotatable bonds is 0. The van der Waals surface area contributed by atoms with Crippen molar-refractivity contribution < 1.29 is 54.6 Å². The molecule has 0 aromatic carbocycles. The molecule has 0 spiro atoms. The first kappa shape index (κ1) is 108. The van der Waals surface area contributed by atoms with Gasteiger partial charge in [-0.05, 0) is 0 Å². The molecular formula is C4H12Cd2-4. The molecule has 0 radical (unpaired) electrons.